The summed E-state index contributed by atoms with van der Waals surface area (Å²) >= 11 is 5.89. The number of rotatable bonds is 6. The maximum atomic E-state index is 12.6. The fourth-order valence-electron chi connectivity index (χ4n) is 4.11. The number of piperidine rings is 1. The highest BCUT2D eigenvalue weighted by Crippen LogP contribution is 2.22. The van der Waals surface area contributed by atoms with Crippen molar-refractivity contribution in [2.24, 2.45) is 21.8 Å². The minimum Gasteiger partial charge on any atom is -0.380 e. The second-order valence-corrected chi connectivity index (χ2v) is 8.48. The molecule has 3 heterocycles. The van der Waals surface area contributed by atoms with Crippen LogP contribution in [0.3, 0.4) is 0 Å². The van der Waals surface area contributed by atoms with Crippen LogP contribution in [0, 0.1) is 11.8 Å². The summed E-state index contributed by atoms with van der Waals surface area (Å²) in [5.74, 6) is -0.324. The SMILES string of the molecule is O=C(CN1CCC(C(=O)c2ccc(Cl)cc2)CC1)NCC1=NC(=O)C2COCCC2=N1. The monoisotopic (exact) mass is 444 g/mol. The van der Waals surface area contributed by atoms with Gasteiger partial charge in [0, 0.05) is 28.6 Å². The number of nitrogens with one attached hydrogen (secondary N) is 1. The number of nitrogens with zero attached hydrogens (tertiary/aromatic N) is 3. The predicted octanol–water partition coefficient (Wildman–Crippen LogP) is 1.77. The van der Waals surface area contributed by atoms with Gasteiger partial charge in [0.15, 0.2) is 11.6 Å². The van der Waals surface area contributed by atoms with Gasteiger partial charge in [-0.05, 0) is 50.2 Å². The molecule has 3 aliphatic rings. The summed E-state index contributed by atoms with van der Waals surface area (Å²) < 4.78 is 5.31. The number of carbonyl (C=O) groups is 3. The van der Waals surface area contributed by atoms with Gasteiger partial charge in [-0.1, -0.05) is 11.6 Å². The molecule has 0 spiro atoms. The van der Waals surface area contributed by atoms with Gasteiger partial charge >= 0.3 is 0 Å². The third-order valence-electron chi connectivity index (χ3n) is 5.90. The third-order valence-corrected chi connectivity index (χ3v) is 6.15. The first-order valence-electron chi connectivity index (χ1n) is 10.5. The van der Waals surface area contributed by atoms with Gasteiger partial charge in [-0.15, -0.1) is 0 Å². The number of fused-ring (bicyclic) bond motifs is 1. The molecular formula is C22H25ClN4O4. The van der Waals surface area contributed by atoms with E-state index in [-0.39, 0.29) is 42.5 Å². The van der Waals surface area contributed by atoms with Gasteiger partial charge in [0.05, 0.1) is 26.3 Å². The molecule has 1 N–H and O–H groups in total. The molecule has 2 saturated heterocycles. The minimum atomic E-state index is -0.370. The summed E-state index contributed by atoms with van der Waals surface area (Å²) in [5, 5.41) is 3.41. The fraction of sp³-hybridized carbons (Fsp3) is 0.500. The highest BCUT2D eigenvalue weighted by molar-refractivity contribution is 6.30. The largest absolute Gasteiger partial charge is 0.380 e. The van der Waals surface area contributed by atoms with Crippen LogP contribution in [-0.4, -0.2) is 73.4 Å². The molecule has 1 aromatic rings. The predicted molar refractivity (Wildman–Crippen MR) is 117 cm³/mol. The second kappa shape index (κ2) is 9.80. The van der Waals surface area contributed by atoms with Crippen molar-refractivity contribution in [3.05, 3.63) is 34.9 Å². The van der Waals surface area contributed by atoms with Crippen molar-refractivity contribution in [3.8, 4) is 0 Å². The van der Waals surface area contributed by atoms with E-state index < -0.39 is 0 Å². The number of halogens is 1. The zero-order valence-corrected chi connectivity index (χ0v) is 17.9. The van der Waals surface area contributed by atoms with Crippen LogP contribution < -0.4 is 5.32 Å². The third kappa shape index (κ3) is 5.44. The van der Waals surface area contributed by atoms with Crippen molar-refractivity contribution in [1.29, 1.82) is 0 Å². The molecule has 2 amide bonds. The molecule has 0 bridgehead atoms. The summed E-state index contributed by atoms with van der Waals surface area (Å²) in [7, 11) is 0. The molecule has 1 unspecified atom stereocenters. The maximum absolute atomic E-state index is 12.6. The Hall–Kier alpha value is -2.42. The van der Waals surface area contributed by atoms with E-state index in [9.17, 15) is 14.4 Å². The molecule has 0 radical (unpaired) electrons. The van der Waals surface area contributed by atoms with E-state index in [0.717, 1.165) is 5.71 Å². The lowest BCUT2D eigenvalue weighted by Gasteiger charge is -2.30. The highest BCUT2D eigenvalue weighted by Gasteiger charge is 2.31. The van der Waals surface area contributed by atoms with E-state index in [1.165, 1.54) is 0 Å². The number of carbonyl (C=O) groups excluding carboxylic acids is 3. The molecule has 2 fully saturated rings. The van der Waals surface area contributed by atoms with Crippen molar-refractivity contribution < 1.29 is 19.1 Å². The second-order valence-electron chi connectivity index (χ2n) is 8.05. The molecule has 164 valence electrons. The first-order valence-corrected chi connectivity index (χ1v) is 10.9. The average molecular weight is 445 g/mol. The van der Waals surface area contributed by atoms with Gasteiger partial charge < -0.3 is 10.1 Å². The van der Waals surface area contributed by atoms with Crippen LogP contribution in [-0.2, 0) is 14.3 Å². The topological polar surface area (TPSA) is 100 Å². The van der Waals surface area contributed by atoms with E-state index in [1.807, 2.05) is 4.90 Å². The first-order chi connectivity index (χ1) is 15.0. The summed E-state index contributed by atoms with van der Waals surface area (Å²) in [6, 6.07) is 6.97. The summed E-state index contributed by atoms with van der Waals surface area (Å²) in [4.78, 5) is 47.5. The van der Waals surface area contributed by atoms with Gasteiger partial charge in [0.25, 0.3) is 5.91 Å². The quantitative estimate of drug-likeness (QED) is 0.674. The summed E-state index contributed by atoms with van der Waals surface area (Å²) in [5.41, 5.74) is 1.47. The van der Waals surface area contributed by atoms with Crippen LogP contribution in [0.25, 0.3) is 0 Å². The molecule has 0 aliphatic carbocycles. The van der Waals surface area contributed by atoms with Crippen molar-refractivity contribution >= 4 is 40.7 Å². The average Bonchev–Trinajstić information content (AvgIpc) is 2.78. The van der Waals surface area contributed by atoms with Crippen molar-refractivity contribution in [2.45, 2.75) is 19.3 Å². The first kappa shape index (κ1) is 21.8. The Kier molecular flexibility index (Phi) is 6.89. The van der Waals surface area contributed by atoms with Crippen LogP contribution in [0.15, 0.2) is 34.3 Å². The van der Waals surface area contributed by atoms with Gasteiger partial charge in [-0.3, -0.25) is 19.3 Å². The van der Waals surface area contributed by atoms with E-state index >= 15 is 0 Å². The lowest BCUT2D eigenvalue weighted by molar-refractivity contribution is -0.123. The number of Topliss-reactive ketones (excluding diaryl/α,β-unsaturated/α-hetero) is 1. The number of ether oxygens (including phenoxy) is 1. The molecule has 1 aromatic carbocycles. The Morgan fingerprint density at radius 1 is 1.16 bits per heavy atom. The summed E-state index contributed by atoms with van der Waals surface area (Å²) in [6.45, 7) is 2.63. The zero-order valence-electron chi connectivity index (χ0n) is 17.2. The molecule has 1 atom stereocenters. The Morgan fingerprint density at radius 3 is 2.65 bits per heavy atom. The van der Waals surface area contributed by atoms with E-state index in [1.54, 1.807) is 24.3 Å². The molecule has 9 heteroatoms. The van der Waals surface area contributed by atoms with Crippen LogP contribution in [0.5, 0.6) is 0 Å². The number of amidine groups is 1. The Balaban J connectivity index is 1.21. The number of ketones is 1. The van der Waals surface area contributed by atoms with Gasteiger partial charge in [-0.25, -0.2) is 4.99 Å². The molecule has 8 nitrogen and oxygen atoms in total. The highest BCUT2D eigenvalue weighted by atomic mass is 35.5. The molecule has 3 aliphatic heterocycles. The van der Waals surface area contributed by atoms with Gasteiger partial charge in [-0.2, -0.15) is 4.99 Å². The summed E-state index contributed by atoms with van der Waals surface area (Å²) in [6.07, 6.45) is 2.05. The van der Waals surface area contributed by atoms with Crippen LogP contribution >= 0.6 is 11.6 Å². The van der Waals surface area contributed by atoms with Gasteiger partial charge in [0.2, 0.25) is 5.91 Å². The number of aliphatic imine (C=N–C) groups is 2. The van der Waals surface area contributed by atoms with Gasteiger partial charge in [0.1, 0.15) is 5.92 Å². The Bertz CT molecular complexity index is 920. The van der Waals surface area contributed by atoms with Crippen LogP contribution in [0.1, 0.15) is 29.6 Å². The number of amides is 2. The molecule has 31 heavy (non-hydrogen) atoms. The molecule has 0 saturated carbocycles. The fourth-order valence-corrected chi connectivity index (χ4v) is 4.24. The Morgan fingerprint density at radius 2 is 1.90 bits per heavy atom. The Labute approximate surface area is 185 Å². The maximum Gasteiger partial charge on any atom is 0.258 e. The smallest absolute Gasteiger partial charge is 0.258 e. The van der Waals surface area contributed by atoms with E-state index in [4.69, 9.17) is 16.3 Å². The van der Waals surface area contributed by atoms with Crippen LogP contribution in [0.2, 0.25) is 5.02 Å². The lowest BCUT2D eigenvalue weighted by Crippen LogP contribution is -2.44. The van der Waals surface area contributed by atoms with E-state index in [0.29, 0.717) is 62.0 Å². The zero-order chi connectivity index (χ0) is 21.8. The van der Waals surface area contributed by atoms with Crippen molar-refractivity contribution in [1.82, 2.24) is 10.2 Å². The van der Waals surface area contributed by atoms with Crippen molar-refractivity contribution in [3.63, 3.8) is 0 Å². The minimum absolute atomic E-state index is 0.0358. The van der Waals surface area contributed by atoms with Crippen LogP contribution in [0.4, 0.5) is 0 Å². The van der Waals surface area contributed by atoms with E-state index in [2.05, 4.69) is 15.3 Å². The van der Waals surface area contributed by atoms with Crippen molar-refractivity contribution in [2.75, 3.05) is 39.4 Å². The molecule has 0 aromatic heterocycles. The number of hydrogen-bond acceptors (Lipinski definition) is 6. The number of benzene rings is 1. The lowest BCUT2D eigenvalue weighted by atomic mass is 9.89. The number of hydrogen-bond donors (Lipinski definition) is 1. The molecular weight excluding hydrogens is 420 g/mol. The standard InChI is InChI=1S/C22H25ClN4O4/c23-16-3-1-14(2-4-16)21(29)15-5-8-27(9-6-15)12-20(28)24-11-19-25-18-7-10-31-13-17(18)22(30)26-19/h1-4,15,17H,5-13H2,(H,24,28). The number of likely N-dealkylation sites (tertiary alicyclic amines) is 1. The normalized spacial score (nSPS) is 22.4. The molecule has 4 rings (SSSR count).